The molecule has 0 saturated carbocycles. The van der Waals surface area contributed by atoms with E-state index < -0.39 is 0 Å². The van der Waals surface area contributed by atoms with Crippen molar-refractivity contribution < 1.29 is 14.3 Å². The van der Waals surface area contributed by atoms with Crippen LogP contribution in [0.15, 0.2) is 0 Å². The highest BCUT2D eigenvalue weighted by atomic mass is 16.5. The molecule has 0 aliphatic carbocycles. The van der Waals surface area contributed by atoms with Gasteiger partial charge in [0.1, 0.15) is 6.61 Å². The third-order valence-electron chi connectivity index (χ3n) is 3.11. The maximum atomic E-state index is 12.2. The van der Waals surface area contributed by atoms with Gasteiger partial charge >= 0.3 is 0 Å². The average molecular weight is 242 g/mol. The lowest BCUT2D eigenvalue weighted by atomic mass is 9.84. The highest BCUT2D eigenvalue weighted by molar-refractivity contribution is 5.83. The van der Waals surface area contributed by atoms with Crippen molar-refractivity contribution in [2.45, 2.75) is 71.7 Å². The largest absolute Gasteiger partial charge is 0.369 e. The van der Waals surface area contributed by atoms with Crippen LogP contribution in [0.1, 0.15) is 54.9 Å². The maximum absolute atomic E-state index is 12.2. The number of hydrogen-bond donors (Lipinski definition) is 0. The quantitative estimate of drug-likeness (QED) is 0.763. The third kappa shape index (κ3) is 4.07. The van der Waals surface area contributed by atoms with E-state index in [-0.39, 0.29) is 35.1 Å². The predicted molar refractivity (Wildman–Crippen MR) is 68.1 cm³/mol. The van der Waals surface area contributed by atoms with Crippen LogP contribution < -0.4 is 0 Å². The van der Waals surface area contributed by atoms with E-state index >= 15 is 0 Å². The van der Waals surface area contributed by atoms with Crippen molar-refractivity contribution in [2.75, 3.05) is 6.61 Å². The lowest BCUT2D eigenvalue weighted by Crippen LogP contribution is -2.37. The van der Waals surface area contributed by atoms with Crippen LogP contribution in [-0.4, -0.2) is 29.2 Å². The summed E-state index contributed by atoms with van der Waals surface area (Å²) in [6.45, 7) is 14.1. The zero-order chi connectivity index (χ0) is 13.5. The van der Waals surface area contributed by atoms with E-state index in [1.54, 1.807) is 0 Å². The van der Waals surface area contributed by atoms with Crippen molar-refractivity contribution in [1.82, 2.24) is 0 Å². The van der Waals surface area contributed by atoms with Crippen LogP contribution in [0, 0.1) is 5.92 Å². The molecule has 0 spiro atoms. The molecule has 0 aromatic heterocycles. The van der Waals surface area contributed by atoms with Gasteiger partial charge in [0.2, 0.25) is 0 Å². The molecule has 0 aromatic rings. The lowest BCUT2D eigenvalue weighted by molar-refractivity contribution is -0.138. The number of ether oxygens (including phenoxy) is 2. The third-order valence-corrected chi connectivity index (χ3v) is 3.11. The van der Waals surface area contributed by atoms with Crippen LogP contribution in [0.5, 0.6) is 0 Å². The van der Waals surface area contributed by atoms with E-state index in [1.807, 2.05) is 48.5 Å². The Balaban J connectivity index is 2.64. The Hall–Kier alpha value is -0.410. The molecule has 1 aliphatic heterocycles. The summed E-state index contributed by atoms with van der Waals surface area (Å²) in [6, 6.07) is 0. The van der Waals surface area contributed by atoms with Crippen LogP contribution in [-0.2, 0) is 14.3 Å². The van der Waals surface area contributed by atoms with E-state index in [0.29, 0.717) is 0 Å². The predicted octanol–water partition coefficient (Wildman–Crippen LogP) is 2.96. The molecule has 0 bridgehead atoms. The van der Waals surface area contributed by atoms with Gasteiger partial charge < -0.3 is 9.47 Å². The van der Waals surface area contributed by atoms with Crippen LogP contribution in [0.2, 0.25) is 0 Å². The summed E-state index contributed by atoms with van der Waals surface area (Å²) < 4.78 is 11.5. The fourth-order valence-corrected chi connectivity index (χ4v) is 2.45. The Bertz CT molecular complexity index is 297. The first-order chi connectivity index (χ1) is 7.43. The first-order valence-electron chi connectivity index (χ1n) is 6.30. The average Bonchev–Trinajstić information content (AvgIpc) is 2.29. The summed E-state index contributed by atoms with van der Waals surface area (Å²) in [7, 11) is 0. The smallest absolute Gasteiger partial charge is 0.164 e. The first-order valence-corrected chi connectivity index (χ1v) is 6.30. The summed E-state index contributed by atoms with van der Waals surface area (Å²) in [5, 5.41) is 0. The lowest BCUT2D eigenvalue weighted by Gasteiger charge is -2.27. The molecule has 1 rings (SSSR count). The Morgan fingerprint density at radius 3 is 2.18 bits per heavy atom. The SMILES string of the molecule is CC(C)(C)OCC(=O)C1CC(C)(C)OC1(C)C. The molecule has 1 aliphatic rings. The van der Waals surface area contributed by atoms with Gasteiger partial charge in [0, 0.05) is 0 Å². The number of ketones is 1. The molecule has 1 fully saturated rings. The summed E-state index contributed by atoms with van der Waals surface area (Å²) in [6.07, 6.45) is 0.770. The second kappa shape index (κ2) is 4.36. The number of carbonyl (C=O) groups excluding carboxylic acids is 1. The Kier molecular flexibility index (Phi) is 3.76. The molecular formula is C14H26O3. The summed E-state index contributed by atoms with van der Waals surface area (Å²) in [5.74, 6) is 0.0790. The van der Waals surface area contributed by atoms with Crippen LogP contribution in [0.3, 0.4) is 0 Å². The molecule has 1 unspecified atom stereocenters. The van der Waals surface area contributed by atoms with E-state index in [0.717, 1.165) is 6.42 Å². The fraction of sp³-hybridized carbons (Fsp3) is 0.929. The van der Waals surface area contributed by atoms with E-state index in [9.17, 15) is 4.79 Å². The molecule has 17 heavy (non-hydrogen) atoms. The monoisotopic (exact) mass is 242 g/mol. The van der Waals surface area contributed by atoms with Gasteiger partial charge in [0.15, 0.2) is 5.78 Å². The maximum Gasteiger partial charge on any atom is 0.164 e. The van der Waals surface area contributed by atoms with Crippen molar-refractivity contribution >= 4 is 5.78 Å². The van der Waals surface area contributed by atoms with Crippen molar-refractivity contribution in [1.29, 1.82) is 0 Å². The van der Waals surface area contributed by atoms with Crippen LogP contribution >= 0.6 is 0 Å². The standard InChI is InChI=1S/C14H26O3/c1-12(2,3)16-9-11(15)10-8-13(4,5)17-14(10,6)7/h10H,8-9H2,1-7H3. The number of Topliss-reactive ketones (excluding diaryl/α,β-unsaturated/α-hetero) is 1. The van der Waals surface area contributed by atoms with Gasteiger partial charge in [-0.2, -0.15) is 0 Å². The van der Waals surface area contributed by atoms with E-state index in [1.165, 1.54) is 0 Å². The minimum atomic E-state index is -0.387. The van der Waals surface area contributed by atoms with Gasteiger partial charge in [-0.05, 0) is 54.9 Å². The number of carbonyl (C=O) groups is 1. The van der Waals surface area contributed by atoms with Crippen molar-refractivity contribution in [2.24, 2.45) is 5.92 Å². The Morgan fingerprint density at radius 2 is 1.82 bits per heavy atom. The van der Waals surface area contributed by atoms with Crippen molar-refractivity contribution in [3.05, 3.63) is 0 Å². The highest BCUT2D eigenvalue weighted by Crippen LogP contribution is 2.42. The normalized spacial score (nSPS) is 27.1. The van der Waals surface area contributed by atoms with Crippen LogP contribution in [0.25, 0.3) is 0 Å². The molecule has 0 aromatic carbocycles. The summed E-state index contributed by atoms with van der Waals surface area (Å²) in [4.78, 5) is 12.2. The zero-order valence-corrected chi connectivity index (χ0v) is 12.2. The molecule has 0 radical (unpaired) electrons. The number of hydrogen-bond acceptors (Lipinski definition) is 3. The van der Waals surface area contributed by atoms with Crippen molar-refractivity contribution in [3.63, 3.8) is 0 Å². The Labute approximate surface area is 105 Å². The second-order valence-corrected chi connectivity index (χ2v) is 7.09. The summed E-state index contributed by atoms with van der Waals surface area (Å²) >= 11 is 0. The molecule has 1 atom stereocenters. The molecule has 3 nitrogen and oxygen atoms in total. The molecule has 1 heterocycles. The second-order valence-electron chi connectivity index (χ2n) is 7.09. The number of rotatable bonds is 3. The zero-order valence-electron chi connectivity index (χ0n) is 12.2. The molecule has 0 amide bonds. The highest BCUT2D eigenvalue weighted by Gasteiger charge is 2.49. The Morgan fingerprint density at radius 1 is 1.29 bits per heavy atom. The molecular weight excluding hydrogens is 216 g/mol. The minimum Gasteiger partial charge on any atom is -0.369 e. The topological polar surface area (TPSA) is 35.5 Å². The molecule has 100 valence electrons. The fourth-order valence-electron chi connectivity index (χ4n) is 2.45. The molecule has 0 N–H and O–H groups in total. The van der Waals surface area contributed by atoms with Gasteiger partial charge in [-0.3, -0.25) is 4.79 Å². The van der Waals surface area contributed by atoms with E-state index in [2.05, 4.69) is 0 Å². The van der Waals surface area contributed by atoms with Gasteiger partial charge in [-0.25, -0.2) is 0 Å². The van der Waals surface area contributed by atoms with E-state index in [4.69, 9.17) is 9.47 Å². The van der Waals surface area contributed by atoms with Gasteiger partial charge in [-0.15, -0.1) is 0 Å². The van der Waals surface area contributed by atoms with Gasteiger partial charge in [0.25, 0.3) is 0 Å². The van der Waals surface area contributed by atoms with Gasteiger partial charge in [0.05, 0.1) is 22.7 Å². The van der Waals surface area contributed by atoms with Crippen LogP contribution in [0.4, 0.5) is 0 Å². The molecule has 3 heteroatoms. The van der Waals surface area contributed by atoms with Crippen molar-refractivity contribution in [3.8, 4) is 0 Å². The molecule has 1 saturated heterocycles. The minimum absolute atomic E-state index is 0.0696. The first kappa shape index (κ1) is 14.7. The van der Waals surface area contributed by atoms with Gasteiger partial charge in [-0.1, -0.05) is 0 Å². The summed E-state index contributed by atoms with van der Waals surface area (Å²) in [5.41, 5.74) is -0.873.